The summed E-state index contributed by atoms with van der Waals surface area (Å²) in [5, 5.41) is 19.4. The van der Waals surface area contributed by atoms with Crippen LogP contribution in [0.25, 0.3) is 0 Å². The first-order valence-corrected chi connectivity index (χ1v) is 3.54. The SMILES string of the molecule is [2H]C(C#N)C([2H])([2H])NC(C(=O)O)C(C)C. The fourth-order valence-corrected chi connectivity index (χ4v) is 0.677. The maximum absolute atomic E-state index is 10.8. The van der Waals surface area contributed by atoms with Crippen molar-refractivity contribution in [1.29, 1.82) is 5.26 Å². The lowest BCUT2D eigenvalue weighted by Gasteiger charge is -2.16. The topological polar surface area (TPSA) is 73.1 Å². The lowest BCUT2D eigenvalue weighted by Crippen LogP contribution is -2.41. The smallest absolute Gasteiger partial charge is 0.320 e. The number of hydrogen-bond donors (Lipinski definition) is 2. The van der Waals surface area contributed by atoms with Gasteiger partial charge in [0.25, 0.3) is 0 Å². The molecular weight excluding hydrogens is 156 g/mol. The average Bonchev–Trinajstić information content (AvgIpc) is 2.11. The first-order chi connectivity index (χ1) is 6.72. The van der Waals surface area contributed by atoms with Gasteiger partial charge in [0.1, 0.15) is 6.04 Å². The van der Waals surface area contributed by atoms with Crippen molar-refractivity contribution in [2.24, 2.45) is 5.92 Å². The Morgan fingerprint density at radius 2 is 2.42 bits per heavy atom. The summed E-state index contributed by atoms with van der Waals surface area (Å²) in [5.74, 6) is -1.53. The zero-order valence-electron chi connectivity index (χ0n) is 10.0. The van der Waals surface area contributed by atoms with Crippen LogP contribution < -0.4 is 5.32 Å². The van der Waals surface area contributed by atoms with E-state index in [1.54, 1.807) is 13.8 Å². The van der Waals surface area contributed by atoms with Crippen molar-refractivity contribution in [3.8, 4) is 6.07 Å². The molecule has 0 spiro atoms. The molecule has 0 fully saturated rings. The molecule has 0 saturated heterocycles. The van der Waals surface area contributed by atoms with Gasteiger partial charge in [-0.2, -0.15) is 5.26 Å². The van der Waals surface area contributed by atoms with E-state index in [4.69, 9.17) is 14.5 Å². The molecule has 2 N–H and O–H groups in total. The average molecular weight is 173 g/mol. The van der Waals surface area contributed by atoms with Crippen LogP contribution in [-0.2, 0) is 4.79 Å². The molecule has 0 aliphatic heterocycles. The highest BCUT2D eigenvalue weighted by molar-refractivity contribution is 5.73. The lowest BCUT2D eigenvalue weighted by atomic mass is 10.1. The van der Waals surface area contributed by atoms with Crippen molar-refractivity contribution in [1.82, 2.24) is 5.32 Å². The first kappa shape index (κ1) is 6.44. The van der Waals surface area contributed by atoms with Crippen LogP contribution in [0.5, 0.6) is 0 Å². The summed E-state index contributed by atoms with van der Waals surface area (Å²) in [6, 6.07) is 0.315. The molecule has 4 heteroatoms. The van der Waals surface area contributed by atoms with Crippen LogP contribution in [0.4, 0.5) is 0 Å². The molecule has 0 rings (SSSR count). The Morgan fingerprint density at radius 1 is 1.83 bits per heavy atom. The van der Waals surface area contributed by atoms with Crippen LogP contribution in [0, 0.1) is 17.2 Å². The Morgan fingerprint density at radius 3 is 2.75 bits per heavy atom. The van der Waals surface area contributed by atoms with Gasteiger partial charge in [0.15, 0.2) is 0 Å². The van der Waals surface area contributed by atoms with Gasteiger partial charge in [-0.05, 0) is 5.92 Å². The maximum Gasteiger partial charge on any atom is 0.320 e. The molecule has 0 saturated carbocycles. The van der Waals surface area contributed by atoms with Gasteiger partial charge >= 0.3 is 5.97 Å². The summed E-state index contributed by atoms with van der Waals surface area (Å²) < 4.78 is 21.8. The summed E-state index contributed by atoms with van der Waals surface area (Å²) in [4.78, 5) is 10.8. The van der Waals surface area contributed by atoms with E-state index in [0.717, 1.165) is 0 Å². The first-order valence-electron chi connectivity index (χ1n) is 5.12. The minimum absolute atomic E-state index is 0.330. The molecule has 2 unspecified atom stereocenters. The highest BCUT2D eigenvalue weighted by atomic mass is 16.4. The molecule has 0 bridgehead atoms. The summed E-state index contributed by atoms with van der Waals surface area (Å²) in [6.07, 6.45) is -1.65. The van der Waals surface area contributed by atoms with Crippen LogP contribution in [0.2, 0.25) is 0 Å². The van der Waals surface area contributed by atoms with Crippen molar-refractivity contribution in [3.05, 3.63) is 0 Å². The van der Waals surface area contributed by atoms with Crippen LogP contribution in [0.1, 0.15) is 24.4 Å². The van der Waals surface area contributed by atoms with Gasteiger partial charge in [0.2, 0.25) is 0 Å². The normalized spacial score (nSPS) is 20.0. The fraction of sp³-hybridized carbons (Fsp3) is 0.750. The van der Waals surface area contributed by atoms with E-state index in [2.05, 4.69) is 5.32 Å². The molecule has 0 aliphatic carbocycles. The van der Waals surface area contributed by atoms with Crippen molar-refractivity contribution in [2.45, 2.75) is 26.3 Å². The van der Waals surface area contributed by atoms with E-state index in [9.17, 15) is 4.79 Å². The van der Waals surface area contributed by atoms with Gasteiger partial charge in [-0.1, -0.05) is 13.8 Å². The van der Waals surface area contributed by atoms with Crippen molar-refractivity contribution >= 4 is 5.97 Å². The van der Waals surface area contributed by atoms with E-state index in [-0.39, 0.29) is 5.92 Å². The number of nitrogens with zero attached hydrogens (tertiary/aromatic N) is 1. The molecule has 12 heavy (non-hydrogen) atoms. The van der Waals surface area contributed by atoms with E-state index in [1.165, 1.54) is 6.07 Å². The molecule has 0 aliphatic rings. The predicted molar refractivity (Wildman–Crippen MR) is 44.5 cm³/mol. The molecule has 0 radical (unpaired) electrons. The molecule has 0 heterocycles. The second-order valence-corrected chi connectivity index (χ2v) is 2.62. The monoisotopic (exact) mass is 173 g/mol. The maximum atomic E-state index is 10.8. The minimum Gasteiger partial charge on any atom is -0.480 e. The quantitative estimate of drug-likeness (QED) is 0.638. The molecule has 0 aromatic rings. The second kappa shape index (κ2) is 5.56. The third-order valence-corrected chi connectivity index (χ3v) is 1.31. The third kappa shape index (κ3) is 3.94. The molecule has 0 aromatic heterocycles. The number of carbonyl (C=O) groups is 1. The van der Waals surface area contributed by atoms with E-state index in [0.29, 0.717) is 0 Å². The Balaban J connectivity index is 4.68. The molecular formula is C8H14N2O2. The number of rotatable bonds is 5. The fourth-order valence-electron chi connectivity index (χ4n) is 0.677. The minimum atomic E-state index is -2.33. The number of nitriles is 1. The van der Waals surface area contributed by atoms with Gasteiger partial charge in [0, 0.05) is 17.0 Å². The third-order valence-electron chi connectivity index (χ3n) is 1.31. The van der Waals surface area contributed by atoms with Crippen LogP contribution >= 0.6 is 0 Å². The van der Waals surface area contributed by atoms with E-state index >= 15 is 0 Å². The van der Waals surface area contributed by atoms with Crippen LogP contribution in [0.3, 0.4) is 0 Å². The van der Waals surface area contributed by atoms with E-state index in [1.807, 2.05) is 0 Å². The number of nitrogens with one attached hydrogen (secondary N) is 1. The molecule has 4 nitrogen and oxygen atoms in total. The Bertz CT molecular complexity index is 276. The number of aliphatic carboxylic acids is 1. The summed E-state index contributed by atoms with van der Waals surface area (Å²) in [5.41, 5.74) is 0. The lowest BCUT2D eigenvalue weighted by molar-refractivity contribution is -0.140. The van der Waals surface area contributed by atoms with Crippen LogP contribution in [0.15, 0.2) is 0 Å². The van der Waals surface area contributed by atoms with Crippen molar-refractivity contribution < 1.29 is 14.0 Å². The highest BCUT2D eigenvalue weighted by Gasteiger charge is 2.19. The number of carboxylic acids is 1. The highest BCUT2D eigenvalue weighted by Crippen LogP contribution is 2.00. The summed E-state index contributed by atoms with van der Waals surface area (Å²) in [7, 11) is 0. The zero-order chi connectivity index (χ0) is 12.2. The van der Waals surface area contributed by atoms with Gasteiger partial charge in [-0.25, -0.2) is 0 Å². The van der Waals surface area contributed by atoms with Crippen molar-refractivity contribution in [3.63, 3.8) is 0 Å². The largest absolute Gasteiger partial charge is 0.480 e. The Kier molecular flexibility index (Phi) is 2.98. The van der Waals surface area contributed by atoms with Gasteiger partial charge in [0.05, 0.1) is 6.07 Å². The predicted octanol–water partition coefficient (Wildman–Crippen LogP) is 0.599. The molecule has 0 amide bonds. The number of hydrogen-bond acceptors (Lipinski definition) is 3. The standard InChI is InChI=1S/C8H14N2O2/c1-6(2)7(8(11)12)10-5-3-4-9/h6-7,10H,3,5H2,1-2H3,(H,11,12)/i3D,5D2. The molecule has 2 atom stereocenters. The van der Waals surface area contributed by atoms with Crippen molar-refractivity contribution in [2.75, 3.05) is 6.50 Å². The molecule has 0 aromatic carbocycles. The van der Waals surface area contributed by atoms with Crippen LogP contribution in [-0.4, -0.2) is 23.6 Å². The summed E-state index contributed by atoms with van der Waals surface area (Å²) >= 11 is 0. The Hall–Kier alpha value is -1.08. The zero-order valence-corrected chi connectivity index (χ0v) is 7.03. The summed E-state index contributed by atoms with van der Waals surface area (Å²) in [6.45, 7) is 0.905. The number of carboxylic acid groups (broad SMARTS) is 1. The second-order valence-electron chi connectivity index (χ2n) is 2.62. The molecule has 68 valence electrons. The van der Waals surface area contributed by atoms with E-state index < -0.39 is 24.9 Å². The van der Waals surface area contributed by atoms with Gasteiger partial charge in [-0.15, -0.1) is 0 Å². The van der Waals surface area contributed by atoms with Gasteiger partial charge in [-0.3, -0.25) is 4.79 Å². The van der Waals surface area contributed by atoms with Gasteiger partial charge < -0.3 is 10.4 Å². The Labute approximate surface area is 76.4 Å².